The third-order valence-corrected chi connectivity index (χ3v) is 3.34. The molecule has 1 aliphatic heterocycles. The van der Waals surface area contributed by atoms with Gasteiger partial charge in [0.2, 0.25) is 5.43 Å². The molecule has 0 amide bonds. The number of hydrogen-bond donors (Lipinski definition) is 1. The molecular formula is C13H16N4O2. The van der Waals surface area contributed by atoms with Gasteiger partial charge in [-0.25, -0.2) is 4.98 Å². The first-order chi connectivity index (χ1) is 9.08. The average molecular weight is 260 g/mol. The van der Waals surface area contributed by atoms with Gasteiger partial charge in [0.25, 0.3) is 0 Å². The minimum atomic E-state index is -0.364. The van der Waals surface area contributed by atoms with Crippen LogP contribution in [0.5, 0.6) is 5.75 Å². The smallest absolute Gasteiger partial charge is 0.223 e. The van der Waals surface area contributed by atoms with Crippen LogP contribution in [0.25, 0.3) is 11.5 Å². The van der Waals surface area contributed by atoms with E-state index in [1.165, 1.54) is 6.07 Å². The predicted octanol–water partition coefficient (Wildman–Crippen LogP) is 0.493. The molecule has 3 rings (SSSR count). The van der Waals surface area contributed by atoms with Gasteiger partial charge in [0.15, 0.2) is 11.6 Å². The van der Waals surface area contributed by atoms with Gasteiger partial charge in [0.1, 0.15) is 5.69 Å². The van der Waals surface area contributed by atoms with E-state index in [1.54, 1.807) is 6.20 Å². The van der Waals surface area contributed by atoms with E-state index in [1.807, 2.05) is 24.9 Å². The molecule has 0 bridgehead atoms. The van der Waals surface area contributed by atoms with E-state index in [4.69, 9.17) is 0 Å². The number of aromatic hydroxyl groups is 1. The number of imidazole rings is 1. The zero-order chi connectivity index (χ0) is 13.6. The summed E-state index contributed by atoms with van der Waals surface area (Å²) in [5.41, 5.74) is 1.24. The highest BCUT2D eigenvalue weighted by molar-refractivity contribution is 5.61. The van der Waals surface area contributed by atoms with E-state index in [0.29, 0.717) is 11.5 Å². The predicted molar refractivity (Wildman–Crippen MR) is 71.0 cm³/mol. The molecule has 0 unspecified atom stereocenters. The normalized spacial score (nSPS) is 13.4. The third kappa shape index (κ3) is 1.84. The Hall–Kier alpha value is -2.08. The number of aryl methyl sites for hydroxylation is 1. The Morgan fingerprint density at radius 3 is 2.95 bits per heavy atom. The van der Waals surface area contributed by atoms with Crippen molar-refractivity contribution in [1.29, 1.82) is 0 Å². The maximum atomic E-state index is 11.6. The summed E-state index contributed by atoms with van der Waals surface area (Å²) in [5, 5.41) is 9.98. The minimum Gasteiger partial charge on any atom is -0.503 e. The summed E-state index contributed by atoms with van der Waals surface area (Å²) in [6, 6.07) is 1.39. The molecule has 0 spiro atoms. The fourth-order valence-electron chi connectivity index (χ4n) is 2.49. The molecule has 1 aliphatic rings. The van der Waals surface area contributed by atoms with E-state index in [2.05, 4.69) is 14.5 Å². The minimum absolute atomic E-state index is 0.217. The van der Waals surface area contributed by atoms with Gasteiger partial charge in [-0.05, 0) is 14.1 Å². The molecule has 0 radical (unpaired) electrons. The van der Waals surface area contributed by atoms with Gasteiger partial charge in [0, 0.05) is 31.9 Å². The molecule has 19 heavy (non-hydrogen) atoms. The van der Waals surface area contributed by atoms with Gasteiger partial charge < -0.3 is 19.1 Å². The number of nitrogens with zero attached hydrogens (tertiary/aromatic N) is 4. The highest BCUT2D eigenvalue weighted by Gasteiger charge is 2.23. The quantitative estimate of drug-likeness (QED) is 0.853. The van der Waals surface area contributed by atoms with Crippen LogP contribution in [0.15, 0.2) is 23.3 Å². The van der Waals surface area contributed by atoms with Crippen LogP contribution in [0, 0.1) is 0 Å². The summed E-state index contributed by atoms with van der Waals surface area (Å²) in [5.74, 6) is 0.448. The zero-order valence-electron chi connectivity index (χ0n) is 11.0. The number of aromatic nitrogens is 3. The lowest BCUT2D eigenvalue weighted by Crippen LogP contribution is -2.23. The van der Waals surface area contributed by atoms with Crippen LogP contribution in [0.2, 0.25) is 0 Å². The summed E-state index contributed by atoms with van der Waals surface area (Å²) in [7, 11) is 4.00. The van der Waals surface area contributed by atoms with Crippen molar-refractivity contribution in [3.05, 3.63) is 34.4 Å². The van der Waals surface area contributed by atoms with Gasteiger partial charge >= 0.3 is 0 Å². The Kier molecular flexibility index (Phi) is 2.67. The lowest BCUT2D eigenvalue weighted by Gasteiger charge is -2.23. The van der Waals surface area contributed by atoms with Crippen molar-refractivity contribution < 1.29 is 5.11 Å². The largest absolute Gasteiger partial charge is 0.503 e. The second kappa shape index (κ2) is 4.24. The first-order valence-electron chi connectivity index (χ1n) is 6.20. The zero-order valence-corrected chi connectivity index (χ0v) is 11.0. The maximum absolute atomic E-state index is 11.6. The topological polar surface area (TPSA) is 63.3 Å². The van der Waals surface area contributed by atoms with Crippen molar-refractivity contribution >= 4 is 0 Å². The first-order valence-corrected chi connectivity index (χ1v) is 6.20. The highest BCUT2D eigenvalue weighted by atomic mass is 16.3. The summed E-state index contributed by atoms with van der Waals surface area (Å²) in [6.07, 6.45) is 3.52. The van der Waals surface area contributed by atoms with Crippen molar-refractivity contribution in [2.75, 3.05) is 14.1 Å². The van der Waals surface area contributed by atoms with E-state index in [0.717, 1.165) is 25.3 Å². The van der Waals surface area contributed by atoms with Crippen LogP contribution in [0.4, 0.5) is 0 Å². The molecule has 0 atom stereocenters. The third-order valence-electron chi connectivity index (χ3n) is 3.34. The van der Waals surface area contributed by atoms with Crippen molar-refractivity contribution in [1.82, 2.24) is 19.0 Å². The molecule has 0 saturated carbocycles. The molecule has 3 heterocycles. The van der Waals surface area contributed by atoms with E-state index < -0.39 is 0 Å². The molecule has 2 aromatic rings. The standard InChI is InChI=1S/C13H16N4O2/c1-15(2)8-9-7-14-13-11-12(19)10(18)3-4-16(11)5-6-17(9)13/h3-4,7,19H,5-6,8H2,1-2H3. The summed E-state index contributed by atoms with van der Waals surface area (Å²) in [4.78, 5) is 18.0. The Labute approximate surface area is 110 Å². The Balaban J connectivity index is 2.17. The van der Waals surface area contributed by atoms with Gasteiger partial charge in [-0.2, -0.15) is 0 Å². The first kappa shape index (κ1) is 12.0. The molecule has 2 aromatic heterocycles. The molecule has 0 aromatic carbocycles. The monoisotopic (exact) mass is 260 g/mol. The van der Waals surface area contributed by atoms with Crippen LogP contribution in [0.3, 0.4) is 0 Å². The molecule has 6 heteroatoms. The van der Waals surface area contributed by atoms with Crippen molar-refractivity contribution in [2.45, 2.75) is 19.6 Å². The average Bonchev–Trinajstić information content (AvgIpc) is 2.76. The van der Waals surface area contributed by atoms with E-state index in [9.17, 15) is 9.90 Å². The molecular weight excluding hydrogens is 244 g/mol. The van der Waals surface area contributed by atoms with Gasteiger partial charge in [-0.1, -0.05) is 0 Å². The number of hydrogen-bond acceptors (Lipinski definition) is 4. The number of fused-ring (bicyclic) bond motifs is 3. The van der Waals surface area contributed by atoms with E-state index in [-0.39, 0.29) is 11.2 Å². The maximum Gasteiger partial charge on any atom is 0.223 e. The van der Waals surface area contributed by atoms with E-state index >= 15 is 0 Å². The van der Waals surface area contributed by atoms with Crippen molar-refractivity contribution in [3.63, 3.8) is 0 Å². The van der Waals surface area contributed by atoms with Crippen LogP contribution in [-0.2, 0) is 19.6 Å². The fraction of sp³-hybridized carbons (Fsp3) is 0.385. The number of rotatable bonds is 2. The van der Waals surface area contributed by atoms with Crippen molar-refractivity contribution in [2.24, 2.45) is 0 Å². The second-order valence-electron chi connectivity index (χ2n) is 5.03. The SMILES string of the molecule is CN(C)Cc1cnc2n1CCn1ccc(=O)c(O)c1-2. The fourth-order valence-corrected chi connectivity index (χ4v) is 2.49. The Bertz CT molecular complexity index is 684. The van der Waals surface area contributed by atoms with Crippen LogP contribution >= 0.6 is 0 Å². The molecule has 6 nitrogen and oxygen atoms in total. The van der Waals surface area contributed by atoms with Crippen LogP contribution in [0.1, 0.15) is 5.69 Å². The second-order valence-corrected chi connectivity index (χ2v) is 5.03. The van der Waals surface area contributed by atoms with Crippen LogP contribution in [-0.4, -0.2) is 38.2 Å². The van der Waals surface area contributed by atoms with Gasteiger partial charge in [-0.15, -0.1) is 0 Å². The molecule has 1 N–H and O–H groups in total. The van der Waals surface area contributed by atoms with Crippen molar-refractivity contribution in [3.8, 4) is 17.3 Å². The summed E-state index contributed by atoms with van der Waals surface area (Å²) < 4.78 is 3.94. The highest BCUT2D eigenvalue weighted by Crippen LogP contribution is 2.29. The lowest BCUT2D eigenvalue weighted by molar-refractivity contribution is 0.382. The Morgan fingerprint density at radius 1 is 1.42 bits per heavy atom. The van der Waals surface area contributed by atoms with Crippen LogP contribution < -0.4 is 5.43 Å². The molecule has 0 fully saturated rings. The summed E-state index contributed by atoms with van der Waals surface area (Å²) in [6.45, 7) is 2.31. The Morgan fingerprint density at radius 2 is 2.21 bits per heavy atom. The molecule has 100 valence electrons. The molecule has 0 saturated heterocycles. The number of pyridine rings is 1. The van der Waals surface area contributed by atoms with Gasteiger partial charge in [-0.3, -0.25) is 4.79 Å². The lowest BCUT2D eigenvalue weighted by atomic mass is 10.2. The molecule has 0 aliphatic carbocycles. The summed E-state index contributed by atoms with van der Waals surface area (Å²) >= 11 is 0. The van der Waals surface area contributed by atoms with Gasteiger partial charge in [0.05, 0.1) is 11.9 Å².